The lowest BCUT2D eigenvalue weighted by atomic mass is 9.90. The first-order chi connectivity index (χ1) is 9.27. The standard InChI is InChI=1S/C15H23N3O2/c1-15(2,3)12-9-11(14(19)20)10-13(16-12)18-7-5-17(4)6-8-18/h9-10H,5-8H2,1-4H3,(H,19,20). The number of aromatic nitrogens is 1. The molecule has 5 nitrogen and oxygen atoms in total. The molecule has 2 heterocycles. The van der Waals surface area contributed by atoms with E-state index in [9.17, 15) is 9.90 Å². The minimum atomic E-state index is -0.895. The van der Waals surface area contributed by atoms with E-state index in [4.69, 9.17) is 0 Å². The minimum absolute atomic E-state index is 0.160. The van der Waals surface area contributed by atoms with Crippen molar-refractivity contribution in [1.29, 1.82) is 0 Å². The number of pyridine rings is 1. The second-order valence-corrected chi connectivity index (χ2v) is 6.44. The summed E-state index contributed by atoms with van der Waals surface area (Å²) in [5, 5.41) is 9.29. The molecule has 20 heavy (non-hydrogen) atoms. The average Bonchev–Trinajstić information content (AvgIpc) is 2.38. The van der Waals surface area contributed by atoms with Gasteiger partial charge in [0.25, 0.3) is 0 Å². The predicted octanol–water partition coefficient (Wildman–Crippen LogP) is 1.83. The maximum absolute atomic E-state index is 11.3. The molecular formula is C15H23N3O2. The third-order valence-corrected chi connectivity index (χ3v) is 3.65. The highest BCUT2D eigenvalue weighted by atomic mass is 16.4. The summed E-state index contributed by atoms with van der Waals surface area (Å²) in [6.45, 7) is 9.87. The molecule has 0 atom stereocenters. The number of hydrogen-bond donors (Lipinski definition) is 1. The number of rotatable bonds is 2. The van der Waals surface area contributed by atoms with Gasteiger partial charge in [0, 0.05) is 37.3 Å². The zero-order chi connectivity index (χ0) is 14.9. The Labute approximate surface area is 120 Å². The van der Waals surface area contributed by atoms with Gasteiger partial charge in [-0.2, -0.15) is 0 Å². The molecule has 1 fully saturated rings. The fourth-order valence-electron chi connectivity index (χ4n) is 2.22. The van der Waals surface area contributed by atoms with Crippen molar-refractivity contribution in [3.63, 3.8) is 0 Å². The van der Waals surface area contributed by atoms with Crippen LogP contribution in [0.2, 0.25) is 0 Å². The number of aromatic carboxylic acids is 1. The lowest BCUT2D eigenvalue weighted by Gasteiger charge is -2.34. The minimum Gasteiger partial charge on any atom is -0.478 e. The van der Waals surface area contributed by atoms with Gasteiger partial charge in [-0.3, -0.25) is 0 Å². The van der Waals surface area contributed by atoms with Crippen molar-refractivity contribution in [3.05, 3.63) is 23.4 Å². The van der Waals surface area contributed by atoms with Crippen molar-refractivity contribution >= 4 is 11.8 Å². The molecule has 1 aliphatic heterocycles. The van der Waals surface area contributed by atoms with Crippen molar-refractivity contribution in [2.24, 2.45) is 0 Å². The Morgan fingerprint density at radius 2 is 1.80 bits per heavy atom. The topological polar surface area (TPSA) is 56.7 Å². The van der Waals surface area contributed by atoms with Gasteiger partial charge in [-0.15, -0.1) is 0 Å². The van der Waals surface area contributed by atoms with Crippen LogP contribution in [-0.4, -0.2) is 54.2 Å². The zero-order valence-corrected chi connectivity index (χ0v) is 12.7. The number of carboxylic acids is 1. The monoisotopic (exact) mass is 277 g/mol. The van der Waals surface area contributed by atoms with E-state index in [1.165, 1.54) is 0 Å². The average molecular weight is 277 g/mol. The second-order valence-electron chi connectivity index (χ2n) is 6.44. The van der Waals surface area contributed by atoms with Crippen LogP contribution < -0.4 is 4.90 Å². The van der Waals surface area contributed by atoms with Crippen molar-refractivity contribution in [2.45, 2.75) is 26.2 Å². The molecule has 1 aliphatic rings. The molecule has 5 heteroatoms. The Morgan fingerprint density at radius 3 is 2.30 bits per heavy atom. The van der Waals surface area contributed by atoms with Crippen molar-refractivity contribution in [3.8, 4) is 0 Å². The Hall–Kier alpha value is -1.62. The summed E-state index contributed by atoms with van der Waals surface area (Å²) in [5.41, 5.74) is 0.984. The maximum atomic E-state index is 11.3. The molecule has 0 aliphatic carbocycles. The molecule has 1 N–H and O–H groups in total. The van der Waals surface area contributed by atoms with Gasteiger partial charge in [0.05, 0.1) is 5.56 Å². The van der Waals surface area contributed by atoms with Crippen molar-refractivity contribution < 1.29 is 9.90 Å². The van der Waals surface area contributed by atoms with Crippen LogP contribution in [0.15, 0.2) is 12.1 Å². The third kappa shape index (κ3) is 3.28. The van der Waals surface area contributed by atoms with Crippen molar-refractivity contribution in [1.82, 2.24) is 9.88 Å². The van der Waals surface area contributed by atoms with E-state index in [-0.39, 0.29) is 5.41 Å². The van der Waals surface area contributed by atoms with Gasteiger partial charge in [-0.25, -0.2) is 9.78 Å². The van der Waals surface area contributed by atoms with Gasteiger partial charge in [-0.05, 0) is 19.2 Å². The number of carboxylic acid groups (broad SMARTS) is 1. The Kier molecular flexibility index (Phi) is 3.99. The molecule has 110 valence electrons. The lowest BCUT2D eigenvalue weighted by molar-refractivity contribution is 0.0696. The number of carbonyl (C=O) groups is 1. The molecule has 2 rings (SSSR count). The van der Waals surface area contributed by atoms with Crippen LogP contribution in [0.1, 0.15) is 36.8 Å². The van der Waals surface area contributed by atoms with Gasteiger partial charge >= 0.3 is 5.97 Å². The van der Waals surface area contributed by atoms with Crippen LogP contribution >= 0.6 is 0 Å². The first-order valence-electron chi connectivity index (χ1n) is 6.97. The molecule has 0 spiro atoms. The molecule has 1 saturated heterocycles. The van der Waals surface area contributed by atoms with E-state index >= 15 is 0 Å². The first-order valence-corrected chi connectivity index (χ1v) is 6.97. The predicted molar refractivity (Wildman–Crippen MR) is 79.6 cm³/mol. The lowest BCUT2D eigenvalue weighted by Crippen LogP contribution is -2.45. The summed E-state index contributed by atoms with van der Waals surface area (Å²) in [7, 11) is 2.10. The van der Waals surface area contributed by atoms with Crippen LogP contribution in [0.25, 0.3) is 0 Å². The van der Waals surface area contributed by atoms with Gasteiger partial charge in [-0.1, -0.05) is 20.8 Å². The highest BCUT2D eigenvalue weighted by Crippen LogP contribution is 2.25. The van der Waals surface area contributed by atoms with Crippen LogP contribution in [0.4, 0.5) is 5.82 Å². The van der Waals surface area contributed by atoms with E-state index in [1.807, 2.05) is 0 Å². The molecular weight excluding hydrogens is 254 g/mol. The highest BCUT2D eigenvalue weighted by molar-refractivity contribution is 5.88. The normalized spacial score (nSPS) is 17.3. The van der Waals surface area contributed by atoms with E-state index in [0.29, 0.717) is 5.56 Å². The van der Waals surface area contributed by atoms with E-state index < -0.39 is 5.97 Å². The van der Waals surface area contributed by atoms with E-state index in [2.05, 4.69) is 42.6 Å². The second kappa shape index (κ2) is 5.40. The Morgan fingerprint density at radius 1 is 1.20 bits per heavy atom. The summed E-state index contributed by atoms with van der Waals surface area (Å²) < 4.78 is 0. The Bertz CT molecular complexity index is 500. The Balaban J connectivity index is 2.37. The molecule has 0 amide bonds. The smallest absolute Gasteiger partial charge is 0.335 e. The number of piperazine rings is 1. The van der Waals surface area contributed by atoms with Crippen LogP contribution in [0, 0.1) is 0 Å². The van der Waals surface area contributed by atoms with Gasteiger partial charge < -0.3 is 14.9 Å². The molecule has 0 unspecified atom stereocenters. The van der Waals surface area contributed by atoms with Gasteiger partial charge in [0.2, 0.25) is 0 Å². The fourth-order valence-corrected chi connectivity index (χ4v) is 2.22. The third-order valence-electron chi connectivity index (χ3n) is 3.65. The quantitative estimate of drug-likeness (QED) is 0.893. The summed E-state index contributed by atoms with van der Waals surface area (Å²) in [6.07, 6.45) is 0. The van der Waals surface area contributed by atoms with Crippen LogP contribution in [0.3, 0.4) is 0 Å². The fraction of sp³-hybridized carbons (Fsp3) is 0.600. The molecule has 1 aromatic rings. The number of anilines is 1. The summed E-state index contributed by atoms with van der Waals surface area (Å²) in [5.74, 6) is -0.115. The number of nitrogens with zero attached hydrogens (tertiary/aromatic N) is 3. The molecule has 0 radical (unpaired) electrons. The zero-order valence-electron chi connectivity index (χ0n) is 12.7. The van der Waals surface area contributed by atoms with Crippen LogP contribution in [-0.2, 0) is 5.41 Å². The first kappa shape index (κ1) is 14.8. The molecule has 0 aromatic carbocycles. The van der Waals surface area contributed by atoms with E-state index in [0.717, 1.165) is 37.7 Å². The molecule has 1 aromatic heterocycles. The number of likely N-dealkylation sites (N-methyl/N-ethyl adjacent to an activating group) is 1. The van der Waals surface area contributed by atoms with Gasteiger partial charge in [0.1, 0.15) is 5.82 Å². The summed E-state index contributed by atoms with van der Waals surface area (Å²) >= 11 is 0. The molecule has 0 saturated carbocycles. The largest absolute Gasteiger partial charge is 0.478 e. The van der Waals surface area contributed by atoms with Crippen LogP contribution in [0.5, 0.6) is 0 Å². The van der Waals surface area contributed by atoms with E-state index in [1.54, 1.807) is 12.1 Å². The van der Waals surface area contributed by atoms with Gasteiger partial charge in [0.15, 0.2) is 0 Å². The number of hydrogen-bond acceptors (Lipinski definition) is 4. The summed E-state index contributed by atoms with van der Waals surface area (Å²) in [6, 6.07) is 3.37. The maximum Gasteiger partial charge on any atom is 0.335 e. The van der Waals surface area contributed by atoms with Crippen molar-refractivity contribution in [2.75, 3.05) is 38.1 Å². The molecule has 0 bridgehead atoms. The summed E-state index contributed by atoms with van der Waals surface area (Å²) in [4.78, 5) is 20.4. The highest BCUT2D eigenvalue weighted by Gasteiger charge is 2.22. The SMILES string of the molecule is CN1CCN(c2cc(C(=O)O)cc(C(C)(C)C)n2)CC1.